The van der Waals surface area contributed by atoms with E-state index in [1.165, 1.54) is 22.0 Å². The first-order valence-electron chi connectivity index (χ1n) is 7.84. The third kappa shape index (κ3) is 5.78. The molecule has 0 aliphatic carbocycles. The first-order valence-corrected chi connectivity index (χ1v) is 7.84. The molecule has 1 aromatic heterocycles. The number of nitrogens with one attached hydrogen (secondary N) is 2. The van der Waals surface area contributed by atoms with Crippen LogP contribution in [0.3, 0.4) is 0 Å². The van der Waals surface area contributed by atoms with Crippen LogP contribution in [0.2, 0.25) is 0 Å². The van der Waals surface area contributed by atoms with Crippen molar-refractivity contribution < 1.29 is 19.8 Å². The number of benzene rings is 2. The molecule has 0 amide bonds. The Morgan fingerprint density at radius 2 is 1.56 bits per heavy atom. The van der Waals surface area contributed by atoms with Crippen molar-refractivity contribution in [3.05, 3.63) is 71.9 Å². The average Bonchev–Trinajstić information content (AvgIpc) is 3.03. The van der Waals surface area contributed by atoms with Gasteiger partial charge in [-0.2, -0.15) is 0 Å². The van der Waals surface area contributed by atoms with Gasteiger partial charge in [-0.1, -0.05) is 48.5 Å². The van der Waals surface area contributed by atoms with Gasteiger partial charge in [-0.3, -0.25) is 0 Å². The molecule has 2 aromatic carbocycles. The standard InChI is InChI=1S/C17H18N2.C2H2O4/c1-2-6-14(7-3-1)12-18-11-10-15-13-19-17-9-5-4-8-16(15)17;3-1(4)2(5)6/h1-9,13,18-19H,10-12H2;(H,3,4)(H,5,6). The Balaban J connectivity index is 0.000000326. The predicted molar refractivity (Wildman–Crippen MR) is 95.4 cm³/mol. The summed E-state index contributed by atoms with van der Waals surface area (Å²) in [6.07, 6.45) is 3.17. The van der Waals surface area contributed by atoms with Crippen LogP contribution in [-0.2, 0) is 22.6 Å². The Hall–Kier alpha value is -3.12. The number of H-pyrrole nitrogens is 1. The van der Waals surface area contributed by atoms with E-state index in [0.717, 1.165) is 19.5 Å². The number of aliphatic carboxylic acids is 2. The number of rotatable bonds is 5. The molecule has 0 saturated carbocycles. The van der Waals surface area contributed by atoms with Gasteiger partial charge in [-0.25, -0.2) is 9.59 Å². The van der Waals surface area contributed by atoms with Gasteiger partial charge in [0.2, 0.25) is 0 Å². The third-order valence-corrected chi connectivity index (χ3v) is 3.60. The van der Waals surface area contributed by atoms with E-state index >= 15 is 0 Å². The fourth-order valence-corrected chi connectivity index (χ4v) is 2.39. The van der Waals surface area contributed by atoms with Gasteiger partial charge in [0.25, 0.3) is 0 Å². The minimum atomic E-state index is -1.82. The first kappa shape index (κ1) is 18.2. The summed E-state index contributed by atoms with van der Waals surface area (Å²) >= 11 is 0. The number of fused-ring (bicyclic) bond motifs is 1. The van der Waals surface area contributed by atoms with Crippen LogP contribution in [0.15, 0.2) is 60.8 Å². The number of hydrogen-bond donors (Lipinski definition) is 4. The number of aromatic amines is 1. The van der Waals surface area contributed by atoms with E-state index in [-0.39, 0.29) is 0 Å². The monoisotopic (exact) mass is 340 g/mol. The van der Waals surface area contributed by atoms with Gasteiger partial charge in [0.15, 0.2) is 0 Å². The Kier molecular flexibility index (Phi) is 6.74. The molecule has 6 heteroatoms. The van der Waals surface area contributed by atoms with Crippen molar-refractivity contribution in [1.82, 2.24) is 10.3 Å². The quantitative estimate of drug-likeness (QED) is 0.422. The molecular formula is C19H20N2O4. The summed E-state index contributed by atoms with van der Waals surface area (Å²) in [4.78, 5) is 21.5. The molecule has 0 saturated heterocycles. The molecule has 0 aliphatic rings. The van der Waals surface area contributed by atoms with Gasteiger partial charge in [-0.15, -0.1) is 0 Å². The molecule has 4 N–H and O–H groups in total. The lowest BCUT2D eigenvalue weighted by Crippen LogP contribution is -2.16. The Labute approximate surface area is 145 Å². The van der Waals surface area contributed by atoms with Crippen LogP contribution < -0.4 is 5.32 Å². The van der Waals surface area contributed by atoms with E-state index in [1.54, 1.807) is 0 Å². The molecular weight excluding hydrogens is 320 g/mol. The second-order valence-electron chi connectivity index (χ2n) is 5.38. The zero-order chi connectivity index (χ0) is 18.1. The highest BCUT2D eigenvalue weighted by Gasteiger charge is 2.04. The lowest BCUT2D eigenvalue weighted by Gasteiger charge is -2.04. The number of carbonyl (C=O) groups is 2. The van der Waals surface area contributed by atoms with Crippen LogP contribution >= 0.6 is 0 Å². The molecule has 3 aromatic rings. The number of hydrogen-bond acceptors (Lipinski definition) is 3. The van der Waals surface area contributed by atoms with Crippen molar-refractivity contribution in [3.8, 4) is 0 Å². The van der Waals surface area contributed by atoms with E-state index in [4.69, 9.17) is 19.8 Å². The molecule has 1 heterocycles. The normalized spacial score (nSPS) is 10.1. The molecule has 25 heavy (non-hydrogen) atoms. The summed E-state index contributed by atoms with van der Waals surface area (Å²) in [6, 6.07) is 19.0. The predicted octanol–water partition coefficient (Wildman–Crippen LogP) is 2.66. The van der Waals surface area contributed by atoms with Gasteiger partial charge in [-0.05, 0) is 30.2 Å². The largest absolute Gasteiger partial charge is 0.473 e. The van der Waals surface area contributed by atoms with E-state index in [0.29, 0.717) is 0 Å². The molecule has 0 spiro atoms. The second-order valence-corrected chi connectivity index (χ2v) is 5.38. The smallest absolute Gasteiger partial charge is 0.414 e. The number of aromatic nitrogens is 1. The number of para-hydroxylation sites is 1. The van der Waals surface area contributed by atoms with Crippen molar-refractivity contribution in [3.63, 3.8) is 0 Å². The van der Waals surface area contributed by atoms with Crippen LogP contribution in [-0.4, -0.2) is 33.7 Å². The zero-order valence-electron chi connectivity index (χ0n) is 13.6. The first-order chi connectivity index (χ1) is 12.1. The van der Waals surface area contributed by atoms with Gasteiger partial charge >= 0.3 is 11.9 Å². The highest BCUT2D eigenvalue weighted by Crippen LogP contribution is 2.17. The van der Waals surface area contributed by atoms with Gasteiger partial charge in [0.1, 0.15) is 0 Å². The van der Waals surface area contributed by atoms with Crippen LogP contribution in [0, 0.1) is 0 Å². The van der Waals surface area contributed by atoms with E-state index in [1.807, 2.05) is 0 Å². The SMILES string of the molecule is O=C(O)C(=O)O.c1ccc(CNCCc2c[nH]c3ccccc23)cc1. The molecule has 0 bridgehead atoms. The summed E-state index contributed by atoms with van der Waals surface area (Å²) in [6.45, 7) is 1.93. The zero-order valence-corrected chi connectivity index (χ0v) is 13.6. The number of carboxylic acid groups (broad SMARTS) is 2. The van der Waals surface area contributed by atoms with Crippen LogP contribution in [0.5, 0.6) is 0 Å². The summed E-state index contributed by atoms with van der Waals surface area (Å²) < 4.78 is 0. The summed E-state index contributed by atoms with van der Waals surface area (Å²) in [5, 5.41) is 19.6. The third-order valence-electron chi connectivity index (χ3n) is 3.60. The minimum absolute atomic E-state index is 0.934. The Morgan fingerprint density at radius 1 is 0.920 bits per heavy atom. The molecule has 0 aliphatic heterocycles. The van der Waals surface area contributed by atoms with E-state index in [9.17, 15) is 0 Å². The molecule has 0 unspecified atom stereocenters. The molecule has 0 radical (unpaired) electrons. The molecule has 130 valence electrons. The molecule has 3 rings (SSSR count). The Bertz CT molecular complexity index is 816. The van der Waals surface area contributed by atoms with Gasteiger partial charge in [0.05, 0.1) is 0 Å². The number of carboxylic acids is 2. The van der Waals surface area contributed by atoms with Crippen molar-refractivity contribution >= 4 is 22.8 Å². The maximum Gasteiger partial charge on any atom is 0.414 e. The van der Waals surface area contributed by atoms with Crippen molar-refractivity contribution in [2.45, 2.75) is 13.0 Å². The van der Waals surface area contributed by atoms with Crippen molar-refractivity contribution in [2.75, 3.05) is 6.54 Å². The van der Waals surface area contributed by atoms with Crippen LogP contribution in [0.25, 0.3) is 10.9 Å². The maximum atomic E-state index is 9.10. The van der Waals surface area contributed by atoms with Crippen LogP contribution in [0.4, 0.5) is 0 Å². The fraction of sp³-hybridized carbons (Fsp3) is 0.158. The Morgan fingerprint density at radius 3 is 2.24 bits per heavy atom. The molecule has 0 fully saturated rings. The highest BCUT2D eigenvalue weighted by atomic mass is 16.4. The fourth-order valence-electron chi connectivity index (χ4n) is 2.39. The average molecular weight is 340 g/mol. The second kappa shape index (κ2) is 9.24. The maximum absolute atomic E-state index is 9.10. The van der Waals surface area contributed by atoms with Crippen molar-refractivity contribution in [1.29, 1.82) is 0 Å². The van der Waals surface area contributed by atoms with E-state index < -0.39 is 11.9 Å². The summed E-state index contributed by atoms with van der Waals surface area (Å²) in [7, 11) is 0. The van der Waals surface area contributed by atoms with Gasteiger partial charge in [0, 0.05) is 23.6 Å². The minimum Gasteiger partial charge on any atom is -0.473 e. The summed E-state index contributed by atoms with van der Waals surface area (Å²) in [5.41, 5.74) is 3.94. The lowest BCUT2D eigenvalue weighted by molar-refractivity contribution is -0.159. The van der Waals surface area contributed by atoms with E-state index in [2.05, 4.69) is 71.1 Å². The van der Waals surface area contributed by atoms with Crippen molar-refractivity contribution in [2.24, 2.45) is 0 Å². The van der Waals surface area contributed by atoms with Gasteiger partial charge < -0.3 is 20.5 Å². The molecule has 0 atom stereocenters. The topological polar surface area (TPSA) is 102 Å². The lowest BCUT2D eigenvalue weighted by atomic mass is 10.1. The molecule has 6 nitrogen and oxygen atoms in total. The highest BCUT2D eigenvalue weighted by molar-refractivity contribution is 6.27. The summed E-state index contributed by atoms with van der Waals surface area (Å²) in [5.74, 6) is -3.65. The van der Waals surface area contributed by atoms with Crippen LogP contribution in [0.1, 0.15) is 11.1 Å².